The van der Waals surface area contributed by atoms with Crippen LogP contribution < -0.4 is 9.80 Å². The van der Waals surface area contributed by atoms with E-state index in [1.165, 1.54) is 48.5 Å². The number of benzene rings is 4. The van der Waals surface area contributed by atoms with Crippen LogP contribution >= 0.6 is 0 Å². The molecule has 6 rings (SSSR count). The first-order valence-corrected chi connectivity index (χ1v) is 17.9. The standard InChI is InChI=1S/C39H40N8O8/c1-26(38(48)54-36-19-21-44(24-36)32-11-3-28(4-12-32)40-42-30-7-15-34(16-8-30)46(50)51)23-27(2)39(49)55-37-20-22-45(25-37)33-13-5-29(6-14-33)41-43-31-9-17-35(18-10-31)47(52)53/h3-18,26-27,36-37H,19-25H2,1-2H3/t26-,27-,36-,37-/m0/s1. The Morgan fingerprint density at radius 1 is 0.600 bits per heavy atom. The van der Waals surface area contributed by atoms with Gasteiger partial charge in [-0.2, -0.15) is 20.5 Å². The zero-order valence-electron chi connectivity index (χ0n) is 30.3. The molecule has 55 heavy (non-hydrogen) atoms. The number of azo groups is 2. The topological polar surface area (TPSA) is 195 Å². The highest BCUT2D eigenvalue weighted by atomic mass is 16.6. The maximum absolute atomic E-state index is 13.0. The molecule has 0 N–H and O–H groups in total. The molecular formula is C39H40N8O8. The molecule has 0 saturated carbocycles. The second-order valence-corrected chi connectivity index (χ2v) is 13.6. The monoisotopic (exact) mass is 748 g/mol. The molecule has 16 nitrogen and oxygen atoms in total. The molecule has 4 aromatic carbocycles. The third-order valence-electron chi connectivity index (χ3n) is 9.48. The normalized spacial score (nSPS) is 18.1. The molecule has 0 aliphatic carbocycles. The van der Waals surface area contributed by atoms with Crippen LogP contribution in [0.25, 0.3) is 0 Å². The van der Waals surface area contributed by atoms with E-state index in [1.54, 1.807) is 13.8 Å². The molecule has 0 amide bonds. The van der Waals surface area contributed by atoms with Crippen molar-refractivity contribution in [3.8, 4) is 0 Å². The van der Waals surface area contributed by atoms with Crippen molar-refractivity contribution in [1.29, 1.82) is 0 Å². The van der Waals surface area contributed by atoms with Gasteiger partial charge in [0.1, 0.15) is 12.2 Å². The van der Waals surface area contributed by atoms with Crippen molar-refractivity contribution in [2.75, 3.05) is 36.0 Å². The van der Waals surface area contributed by atoms with Crippen LogP contribution in [0.5, 0.6) is 0 Å². The van der Waals surface area contributed by atoms with Gasteiger partial charge in [-0.25, -0.2) is 0 Å². The summed E-state index contributed by atoms with van der Waals surface area (Å²) in [6, 6.07) is 26.7. The third kappa shape index (κ3) is 10.3. The number of non-ortho nitro benzene ring substituents is 2. The van der Waals surface area contributed by atoms with E-state index in [2.05, 4.69) is 30.3 Å². The van der Waals surface area contributed by atoms with Crippen LogP contribution in [0, 0.1) is 32.1 Å². The number of nitrogens with zero attached hydrogens (tertiary/aromatic N) is 8. The number of nitro benzene ring substituents is 2. The van der Waals surface area contributed by atoms with Crippen molar-refractivity contribution in [2.45, 2.75) is 45.3 Å². The second-order valence-electron chi connectivity index (χ2n) is 13.6. The molecule has 0 unspecified atom stereocenters. The fraction of sp³-hybridized carbons (Fsp3) is 0.333. The molecule has 2 heterocycles. The molecular weight excluding hydrogens is 708 g/mol. The third-order valence-corrected chi connectivity index (χ3v) is 9.48. The number of hydrogen-bond donors (Lipinski definition) is 0. The maximum atomic E-state index is 13.0. The second kappa shape index (κ2) is 17.5. The van der Waals surface area contributed by atoms with Gasteiger partial charge >= 0.3 is 11.9 Å². The van der Waals surface area contributed by atoms with Gasteiger partial charge in [-0.05, 0) is 79.2 Å². The Labute approximate surface area is 316 Å². The lowest BCUT2D eigenvalue weighted by atomic mass is 9.97. The molecule has 284 valence electrons. The summed E-state index contributed by atoms with van der Waals surface area (Å²) in [6.07, 6.45) is 1.15. The Morgan fingerprint density at radius 2 is 0.909 bits per heavy atom. The summed E-state index contributed by atoms with van der Waals surface area (Å²) in [5, 5.41) is 38.4. The average molecular weight is 749 g/mol. The van der Waals surface area contributed by atoms with Gasteiger partial charge in [-0.15, -0.1) is 0 Å². The quantitative estimate of drug-likeness (QED) is 0.0520. The lowest BCUT2D eigenvalue weighted by Gasteiger charge is -2.22. The van der Waals surface area contributed by atoms with Gasteiger partial charge in [0, 0.05) is 61.6 Å². The van der Waals surface area contributed by atoms with Gasteiger partial charge in [-0.3, -0.25) is 29.8 Å². The molecule has 0 bridgehead atoms. The lowest BCUT2D eigenvalue weighted by molar-refractivity contribution is -0.385. The Kier molecular flexibility index (Phi) is 12.1. The molecule has 0 spiro atoms. The van der Waals surface area contributed by atoms with Crippen molar-refractivity contribution < 1.29 is 28.9 Å². The first kappa shape index (κ1) is 38.2. The number of esters is 2. The Balaban J connectivity index is 0.901. The van der Waals surface area contributed by atoms with Gasteiger partial charge in [0.2, 0.25) is 0 Å². The van der Waals surface area contributed by atoms with E-state index >= 15 is 0 Å². The van der Waals surface area contributed by atoms with Crippen molar-refractivity contribution >= 4 is 57.4 Å². The molecule has 4 aromatic rings. The number of carbonyl (C=O) groups is 2. The number of anilines is 2. The van der Waals surface area contributed by atoms with Gasteiger partial charge < -0.3 is 19.3 Å². The Hall–Kier alpha value is -6.58. The number of ether oxygens (including phenoxy) is 2. The van der Waals surface area contributed by atoms with Crippen LogP contribution in [-0.4, -0.2) is 60.2 Å². The van der Waals surface area contributed by atoms with Crippen molar-refractivity contribution in [2.24, 2.45) is 32.3 Å². The Morgan fingerprint density at radius 3 is 1.22 bits per heavy atom. The highest BCUT2D eigenvalue weighted by molar-refractivity contribution is 5.76. The number of nitro groups is 2. The molecule has 2 saturated heterocycles. The van der Waals surface area contributed by atoms with Crippen molar-refractivity contribution in [3.05, 3.63) is 117 Å². The predicted octanol–water partition coefficient (Wildman–Crippen LogP) is 8.94. The van der Waals surface area contributed by atoms with E-state index in [9.17, 15) is 29.8 Å². The summed E-state index contributed by atoms with van der Waals surface area (Å²) in [6.45, 7) is 6.08. The molecule has 0 radical (unpaired) electrons. The van der Waals surface area contributed by atoms with Crippen LogP contribution in [0.3, 0.4) is 0 Å². The molecule has 16 heteroatoms. The van der Waals surface area contributed by atoms with Crippen LogP contribution in [-0.2, 0) is 19.1 Å². The fourth-order valence-corrected chi connectivity index (χ4v) is 6.37. The summed E-state index contributed by atoms with van der Waals surface area (Å²) >= 11 is 0. The van der Waals surface area contributed by atoms with Crippen LogP contribution in [0.1, 0.15) is 33.1 Å². The van der Waals surface area contributed by atoms with E-state index in [4.69, 9.17) is 9.47 Å². The molecule has 0 aromatic heterocycles. The van der Waals surface area contributed by atoms with E-state index in [1.807, 2.05) is 48.5 Å². The van der Waals surface area contributed by atoms with Gasteiger partial charge in [0.05, 0.1) is 57.5 Å². The average Bonchev–Trinajstić information content (AvgIpc) is 3.87. The van der Waals surface area contributed by atoms with Gasteiger partial charge in [-0.1, -0.05) is 13.8 Å². The molecule has 2 aliphatic heterocycles. The van der Waals surface area contributed by atoms with E-state index < -0.39 is 21.7 Å². The van der Waals surface area contributed by atoms with E-state index in [0.29, 0.717) is 55.1 Å². The van der Waals surface area contributed by atoms with Crippen molar-refractivity contribution in [1.82, 2.24) is 0 Å². The highest BCUT2D eigenvalue weighted by Crippen LogP contribution is 2.29. The highest BCUT2D eigenvalue weighted by Gasteiger charge is 2.31. The fourth-order valence-electron chi connectivity index (χ4n) is 6.37. The summed E-state index contributed by atoms with van der Waals surface area (Å²) in [5.74, 6) is -1.63. The summed E-state index contributed by atoms with van der Waals surface area (Å²) in [5.41, 5.74) is 4.17. The molecule has 2 fully saturated rings. The first-order valence-electron chi connectivity index (χ1n) is 17.9. The zero-order valence-corrected chi connectivity index (χ0v) is 30.3. The summed E-state index contributed by atoms with van der Waals surface area (Å²) in [4.78, 5) is 51.0. The van der Waals surface area contributed by atoms with Crippen LogP contribution in [0.4, 0.5) is 45.5 Å². The maximum Gasteiger partial charge on any atom is 0.309 e. The number of hydrogen-bond acceptors (Lipinski definition) is 14. The predicted molar refractivity (Wildman–Crippen MR) is 204 cm³/mol. The Bertz CT molecular complexity index is 1890. The van der Waals surface area contributed by atoms with Gasteiger partial charge in [0.15, 0.2) is 0 Å². The van der Waals surface area contributed by atoms with Crippen LogP contribution in [0.2, 0.25) is 0 Å². The molecule has 2 aliphatic rings. The number of rotatable bonds is 14. The van der Waals surface area contributed by atoms with E-state index in [0.717, 1.165) is 24.5 Å². The minimum atomic E-state index is -0.479. The SMILES string of the molecule is C[C@@H](C[C@H](C)C(=O)O[C@H]1CCN(c2ccc(N=Nc3ccc([N+](=O)[O-])cc3)cc2)C1)C(=O)O[C@H]1CCN(c2ccc(N=Nc3ccc([N+](=O)[O-])cc3)cc2)C1. The number of carbonyl (C=O) groups excluding carboxylic acids is 2. The minimum Gasteiger partial charge on any atom is -0.460 e. The largest absolute Gasteiger partial charge is 0.460 e. The molecule has 4 atom stereocenters. The summed E-state index contributed by atoms with van der Waals surface area (Å²) in [7, 11) is 0. The van der Waals surface area contributed by atoms with Crippen molar-refractivity contribution in [3.63, 3.8) is 0 Å². The van der Waals surface area contributed by atoms with E-state index in [-0.39, 0.29) is 35.5 Å². The first-order chi connectivity index (χ1) is 26.5. The van der Waals surface area contributed by atoms with Gasteiger partial charge in [0.25, 0.3) is 11.4 Å². The smallest absolute Gasteiger partial charge is 0.309 e. The summed E-state index contributed by atoms with van der Waals surface area (Å²) < 4.78 is 11.7. The zero-order chi connectivity index (χ0) is 38.9. The minimum absolute atomic E-state index is 0.0109. The van der Waals surface area contributed by atoms with Crippen LogP contribution in [0.15, 0.2) is 118 Å². The lowest BCUT2D eigenvalue weighted by Crippen LogP contribution is -2.30.